The van der Waals surface area contributed by atoms with E-state index in [4.69, 9.17) is 0 Å². The molecular formula is C20H19N3O3S. The fraction of sp³-hybridized carbons (Fsp3) is 0.100. The van der Waals surface area contributed by atoms with Gasteiger partial charge in [-0.25, -0.2) is 8.42 Å². The number of amides is 1. The number of hydrogen-bond acceptors (Lipinski definition) is 4. The Morgan fingerprint density at radius 1 is 1.00 bits per heavy atom. The standard InChI is InChI=1S/C20H19N3O3S/c1-16-12-13-21-14-19(16)22-20(24)15-23(17-8-4-2-5-9-17)27(25,26)18-10-6-3-7-11-18/h2-14H,15H2,1H3,(H,22,24). The van der Waals surface area contributed by atoms with E-state index >= 15 is 0 Å². The summed E-state index contributed by atoms with van der Waals surface area (Å²) in [6.45, 7) is 1.49. The fourth-order valence-corrected chi connectivity index (χ4v) is 3.99. The summed E-state index contributed by atoms with van der Waals surface area (Å²) in [5.74, 6) is -0.450. The molecule has 0 saturated carbocycles. The van der Waals surface area contributed by atoms with Gasteiger partial charge in [0, 0.05) is 6.20 Å². The maximum absolute atomic E-state index is 13.1. The molecule has 3 rings (SSSR count). The van der Waals surface area contributed by atoms with Gasteiger partial charge in [-0.1, -0.05) is 36.4 Å². The van der Waals surface area contributed by atoms with Crippen molar-refractivity contribution in [2.24, 2.45) is 0 Å². The van der Waals surface area contributed by atoms with Crippen LogP contribution in [0.1, 0.15) is 5.56 Å². The fourth-order valence-electron chi connectivity index (χ4n) is 2.54. The van der Waals surface area contributed by atoms with Crippen LogP contribution >= 0.6 is 0 Å². The van der Waals surface area contributed by atoms with Crippen molar-refractivity contribution in [2.75, 3.05) is 16.2 Å². The number of benzene rings is 2. The second kappa shape index (κ2) is 8.01. The molecule has 0 radical (unpaired) electrons. The first-order valence-electron chi connectivity index (χ1n) is 8.32. The number of rotatable bonds is 6. The van der Waals surface area contributed by atoms with Crippen LogP contribution in [-0.4, -0.2) is 25.9 Å². The lowest BCUT2D eigenvalue weighted by atomic mass is 10.2. The van der Waals surface area contributed by atoms with E-state index in [0.717, 1.165) is 9.87 Å². The average molecular weight is 381 g/mol. The lowest BCUT2D eigenvalue weighted by Gasteiger charge is -2.24. The predicted molar refractivity (Wildman–Crippen MR) is 105 cm³/mol. The van der Waals surface area contributed by atoms with E-state index in [2.05, 4.69) is 10.3 Å². The van der Waals surface area contributed by atoms with Gasteiger partial charge in [0.15, 0.2) is 0 Å². The molecule has 7 heteroatoms. The van der Waals surface area contributed by atoms with Gasteiger partial charge in [0.25, 0.3) is 10.0 Å². The Hall–Kier alpha value is -3.19. The van der Waals surface area contributed by atoms with Crippen molar-refractivity contribution in [1.29, 1.82) is 0 Å². The number of aryl methyl sites for hydroxylation is 1. The molecule has 0 saturated heterocycles. The zero-order chi connectivity index (χ0) is 19.3. The van der Waals surface area contributed by atoms with Crippen molar-refractivity contribution in [3.05, 3.63) is 84.7 Å². The minimum absolute atomic E-state index is 0.124. The van der Waals surface area contributed by atoms with Gasteiger partial charge in [-0.15, -0.1) is 0 Å². The minimum Gasteiger partial charge on any atom is -0.323 e. The molecule has 0 fully saturated rings. The minimum atomic E-state index is -3.89. The van der Waals surface area contributed by atoms with E-state index in [-0.39, 0.29) is 11.4 Å². The van der Waals surface area contributed by atoms with Crippen LogP contribution in [0, 0.1) is 6.92 Å². The van der Waals surface area contributed by atoms with Gasteiger partial charge in [-0.3, -0.25) is 14.1 Å². The quantitative estimate of drug-likeness (QED) is 0.711. The van der Waals surface area contributed by atoms with E-state index < -0.39 is 15.9 Å². The largest absolute Gasteiger partial charge is 0.323 e. The first-order chi connectivity index (χ1) is 13.0. The predicted octanol–water partition coefficient (Wildman–Crippen LogP) is 3.22. The summed E-state index contributed by atoms with van der Waals surface area (Å²) in [5.41, 5.74) is 1.81. The summed E-state index contributed by atoms with van der Waals surface area (Å²) in [6.07, 6.45) is 3.16. The van der Waals surface area contributed by atoms with Crippen LogP contribution in [0.5, 0.6) is 0 Å². The molecule has 138 valence electrons. The molecular weight excluding hydrogens is 362 g/mol. The summed E-state index contributed by atoms with van der Waals surface area (Å²) in [5, 5.41) is 2.73. The molecule has 0 spiro atoms. The number of sulfonamides is 1. The number of hydrogen-bond donors (Lipinski definition) is 1. The van der Waals surface area contributed by atoms with Crippen LogP contribution in [0.4, 0.5) is 11.4 Å². The molecule has 1 heterocycles. The number of carbonyl (C=O) groups is 1. The summed E-state index contributed by atoms with van der Waals surface area (Å²) < 4.78 is 27.3. The van der Waals surface area contributed by atoms with Crippen molar-refractivity contribution >= 4 is 27.3 Å². The Kier molecular flexibility index (Phi) is 5.52. The monoisotopic (exact) mass is 381 g/mol. The van der Waals surface area contributed by atoms with Crippen LogP contribution in [0.3, 0.4) is 0 Å². The molecule has 0 aliphatic heterocycles. The van der Waals surface area contributed by atoms with Crippen LogP contribution in [0.2, 0.25) is 0 Å². The van der Waals surface area contributed by atoms with Crippen molar-refractivity contribution in [3.63, 3.8) is 0 Å². The average Bonchev–Trinajstić information content (AvgIpc) is 2.69. The van der Waals surface area contributed by atoms with Gasteiger partial charge in [-0.2, -0.15) is 0 Å². The van der Waals surface area contributed by atoms with Crippen LogP contribution in [-0.2, 0) is 14.8 Å². The van der Waals surface area contributed by atoms with Crippen LogP contribution in [0.15, 0.2) is 84.0 Å². The zero-order valence-corrected chi connectivity index (χ0v) is 15.6. The number of carbonyl (C=O) groups excluding carboxylic acids is 1. The SMILES string of the molecule is Cc1ccncc1NC(=O)CN(c1ccccc1)S(=O)(=O)c1ccccc1. The Balaban J connectivity index is 1.92. The zero-order valence-electron chi connectivity index (χ0n) is 14.7. The molecule has 3 aromatic rings. The molecule has 0 aliphatic carbocycles. The lowest BCUT2D eigenvalue weighted by molar-refractivity contribution is -0.114. The normalized spacial score (nSPS) is 11.0. The summed E-state index contributed by atoms with van der Waals surface area (Å²) in [4.78, 5) is 16.7. The molecule has 0 aliphatic rings. The van der Waals surface area contributed by atoms with Gasteiger partial charge < -0.3 is 5.32 Å². The number of para-hydroxylation sites is 1. The molecule has 1 amide bonds. The van der Waals surface area contributed by atoms with Crippen LogP contribution < -0.4 is 9.62 Å². The first-order valence-corrected chi connectivity index (χ1v) is 9.76. The van der Waals surface area contributed by atoms with Crippen molar-refractivity contribution in [3.8, 4) is 0 Å². The summed E-state index contributed by atoms with van der Waals surface area (Å²) >= 11 is 0. The number of anilines is 2. The maximum Gasteiger partial charge on any atom is 0.264 e. The van der Waals surface area contributed by atoms with Crippen molar-refractivity contribution in [1.82, 2.24) is 4.98 Å². The second-order valence-electron chi connectivity index (χ2n) is 5.90. The van der Waals surface area contributed by atoms with E-state index in [9.17, 15) is 13.2 Å². The number of pyridine rings is 1. The smallest absolute Gasteiger partial charge is 0.264 e. The molecule has 0 unspecified atom stereocenters. The topological polar surface area (TPSA) is 79.4 Å². The highest BCUT2D eigenvalue weighted by molar-refractivity contribution is 7.92. The molecule has 2 aromatic carbocycles. The van der Waals surface area contributed by atoms with E-state index in [1.807, 2.05) is 6.92 Å². The molecule has 27 heavy (non-hydrogen) atoms. The Labute approximate surface area is 158 Å². The Bertz CT molecular complexity index is 1020. The third kappa shape index (κ3) is 4.32. The van der Waals surface area contributed by atoms with Gasteiger partial charge in [0.2, 0.25) is 5.91 Å². The Morgan fingerprint density at radius 3 is 2.26 bits per heavy atom. The Morgan fingerprint density at radius 2 is 1.63 bits per heavy atom. The van der Waals surface area contributed by atoms with Crippen LogP contribution in [0.25, 0.3) is 0 Å². The second-order valence-corrected chi connectivity index (χ2v) is 7.76. The molecule has 0 bridgehead atoms. The lowest BCUT2D eigenvalue weighted by Crippen LogP contribution is -2.38. The van der Waals surface area contributed by atoms with Gasteiger partial charge >= 0.3 is 0 Å². The highest BCUT2D eigenvalue weighted by atomic mass is 32.2. The van der Waals surface area contributed by atoms with Gasteiger partial charge in [0.05, 0.1) is 22.5 Å². The summed E-state index contributed by atoms with van der Waals surface area (Å²) in [7, 11) is -3.89. The van der Waals surface area contributed by atoms with E-state index in [0.29, 0.717) is 11.4 Å². The highest BCUT2D eigenvalue weighted by Gasteiger charge is 2.27. The van der Waals surface area contributed by atoms with E-state index in [1.165, 1.54) is 18.3 Å². The van der Waals surface area contributed by atoms with Crippen molar-refractivity contribution in [2.45, 2.75) is 11.8 Å². The van der Waals surface area contributed by atoms with Gasteiger partial charge in [0.1, 0.15) is 6.54 Å². The third-order valence-corrected chi connectivity index (χ3v) is 5.76. The van der Waals surface area contributed by atoms with E-state index in [1.54, 1.807) is 60.8 Å². The van der Waals surface area contributed by atoms with Crippen molar-refractivity contribution < 1.29 is 13.2 Å². The third-order valence-electron chi connectivity index (χ3n) is 3.98. The molecule has 1 aromatic heterocycles. The first kappa shape index (κ1) is 18.6. The highest BCUT2D eigenvalue weighted by Crippen LogP contribution is 2.23. The molecule has 6 nitrogen and oxygen atoms in total. The molecule has 1 N–H and O–H groups in total. The van der Waals surface area contributed by atoms with Gasteiger partial charge in [-0.05, 0) is 42.8 Å². The number of nitrogens with one attached hydrogen (secondary N) is 1. The number of nitrogens with zero attached hydrogens (tertiary/aromatic N) is 2. The molecule has 0 atom stereocenters. The summed E-state index contributed by atoms with van der Waals surface area (Å²) in [6, 6.07) is 18.4. The maximum atomic E-state index is 13.1. The number of aromatic nitrogens is 1.